The van der Waals surface area contributed by atoms with Crippen molar-refractivity contribution in [3.8, 4) is 0 Å². The first-order chi connectivity index (χ1) is 7.29. The minimum Gasteiger partial charge on any atom is -0.312 e. The topological polar surface area (TPSA) is 24.9 Å². The molecule has 15 heavy (non-hydrogen) atoms. The van der Waals surface area contributed by atoms with Gasteiger partial charge in [0.2, 0.25) is 0 Å². The molecule has 0 fully saturated rings. The molecule has 80 valence electrons. The van der Waals surface area contributed by atoms with E-state index in [1.807, 2.05) is 30.1 Å². The molecule has 0 radical (unpaired) electrons. The van der Waals surface area contributed by atoms with E-state index in [0.29, 0.717) is 6.04 Å². The summed E-state index contributed by atoms with van der Waals surface area (Å²) in [7, 11) is 2.01. The summed E-state index contributed by atoms with van der Waals surface area (Å²) < 4.78 is 0. The molecule has 0 saturated heterocycles. The van der Waals surface area contributed by atoms with E-state index in [1.165, 1.54) is 14.6 Å². The van der Waals surface area contributed by atoms with Gasteiger partial charge in [-0.2, -0.15) is 0 Å². The number of rotatable bonds is 4. The van der Waals surface area contributed by atoms with Gasteiger partial charge in [0.05, 0.1) is 5.51 Å². The lowest BCUT2D eigenvalue weighted by Gasteiger charge is -2.12. The van der Waals surface area contributed by atoms with Crippen molar-refractivity contribution in [3.05, 3.63) is 38.5 Å². The van der Waals surface area contributed by atoms with Crippen LogP contribution in [0, 0.1) is 6.92 Å². The minimum atomic E-state index is 0.421. The Labute approximate surface area is 98.0 Å². The summed E-state index contributed by atoms with van der Waals surface area (Å²) in [4.78, 5) is 8.21. The van der Waals surface area contributed by atoms with Gasteiger partial charge in [0.1, 0.15) is 0 Å². The molecule has 0 aromatic carbocycles. The largest absolute Gasteiger partial charge is 0.312 e. The van der Waals surface area contributed by atoms with Crippen molar-refractivity contribution in [1.82, 2.24) is 10.3 Å². The molecule has 0 spiro atoms. The van der Waals surface area contributed by atoms with E-state index >= 15 is 0 Å². The molecule has 2 nitrogen and oxygen atoms in total. The highest BCUT2D eigenvalue weighted by Crippen LogP contribution is 2.26. The van der Waals surface area contributed by atoms with E-state index in [2.05, 4.69) is 29.4 Å². The smallest absolute Gasteiger partial charge is 0.0794 e. The molecule has 2 aromatic rings. The van der Waals surface area contributed by atoms with Crippen LogP contribution < -0.4 is 5.32 Å². The first kappa shape index (κ1) is 10.8. The third-order valence-corrected chi connectivity index (χ3v) is 4.26. The minimum absolute atomic E-state index is 0.421. The van der Waals surface area contributed by atoms with Crippen LogP contribution in [-0.2, 0) is 6.42 Å². The zero-order valence-electron chi connectivity index (χ0n) is 8.86. The number of nitrogens with zero attached hydrogens (tertiary/aromatic N) is 1. The van der Waals surface area contributed by atoms with Crippen molar-refractivity contribution in [1.29, 1.82) is 0 Å². The van der Waals surface area contributed by atoms with Gasteiger partial charge in [-0.25, -0.2) is 0 Å². The zero-order chi connectivity index (χ0) is 10.7. The van der Waals surface area contributed by atoms with Crippen LogP contribution in [0.25, 0.3) is 0 Å². The van der Waals surface area contributed by atoms with Crippen LogP contribution in [0.5, 0.6) is 0 Å². The number of thiazole rings is 1. The fourth-order valence-corrected chi connectivity index (χ4v) is 3.16. The molecule has 1 N–H and O–H groups in total. The van der Waals surface area contributed by atoms with Crippen LogP contribution >= 0.6 is 22.7 Å². The van der Waals surface area contributed by atoms with Gasteiger partial charge in [0, 0.05) is 33.3 Å². The molecule has 2 heterocycles. The van der Waals surface area contributed by atoms with E-state index < -0.39 is 0 Å². The predicted octanol–water partition coefficient (Wildman–Crippen LogP) is 3.02. The Kier molecular flexibility index (Phi) is 3.51. The second kappa shape index (κ2) is 4.88. The summed E-state index contributed by atoms with van der Waals surface area (Å²) in [5, 5.41) is 3.36. The van der Waals surface area contributed by atoms with Crippen molar-refractivity contribution >= 4 is 22.7 Å². The van der Waals surface area contributed by atoms with Crippen LogP contribution in [0.2, 0.25) is 0 Å². The first-order valence-electron chi connectivity index (χ1n) is 4.90. The maximum Gasteiger partial charge on any atom is 0.0794 e. The number of hydrogen-bond donors (Lipinski definition) is 1. The van der Waals surface area contributed by atoms with E-state index in [9.17, 15) is 0 Å². The van der Waals surface area contributed by atoms with Crippen molar-refractivity contribution in [2.45, 2.75) is 19.4 Å². The van der Waals surface area contributed by atoms with E-state index in [0.717, 1.165) is 6.42 Å². The quantitative estimate of drug-likeness (QED) is 0.885. The molecule has 0 aliphatic carbocycles. The first-order valence-corrected chi connectivity index (χ1v) is 6.60. The summed E-state index contributed by atoms with van der Waals surface area (Å²) in [6.45, 7) is 2.15. The molecule has 2 rings (SSSR count). The molecule has 0 amide bonds. The van der Waals surface area contributed by atoms with Gasteiger partial charge in [0.15, 0.2) is 0 Å². The summed E-state index contributed by atoms with van der Waals surface area (Å²) in [6, 6.07) is 4.81. The molecule has 0 saturated carbocycles. The molecule has 0 aliphatic rings. The van der Waals surface area contributed by atoms with Crippen LogP contribution in [0.1, 0.15) is 20.7 Å². The Hall–Kier alpha value is -0.710. The van der Waals surface area contributed by atoms with Gasteiger partial charge in [-0.3, -0.25) is 4.98 Å². The number of nitrogens with one attached hydrogen (secondary N) is 1. The molecule has 1 unspecified atom stereocenters. The predicted molar refractivity (Wildman–Crippen MR) is 66.7 cm³/mol. The van der Waals surface area contributed by atoms with Gasteiger partial charge < -0.3 is 5.32 Å². The molecule has 0 bridgehead atoms. The lowest BCUT2D eigenvalue weighted by molar-refractivity contribution is 0.606. The maximum absolute atomic E-state index is 4.10. The highest BCUT2D eigenvalue weighted by Gasteiger charge is 2.12. The van der Waals surface area contributed by atoms with Crippen molar-refractivity contribution < 1.29 is 0 Å². The lowest BCUT2D eigenvalue weighted by atomic mass is 10.1. The molecular formula is C11H14N2S2. The molecule has 2 aromatic heterocycles. The molecule has 4 heteroatoms. The van der Waals surface area contributed by atoms with E-state index in [-0.39, 0.29) is 0 Å². The van der Waals surface area contributed by atoms with Crippen molar-refractivity contribution in [3.63, 3.8) is 0 Å². The number of hydrogen-bond acceptors (Lipinski definition) is 4. The highest BCUT2D eigenvalue weighted by molar-refractivity contribution is 7.12. The van der Waals surface area contributed by atoms with Gasteiger partial charge in [-0.1, -0.05) is 0 Å². The number of aromatic nitrogens is 1. The fourth-order valence-electron chi connectivity index (χ4n) is 1.53. The Morgan fingerprint density at radius 1 is 1.47 bits per heavy atom. The Balaban J connectivity index is 2.11. The monoisotopic (exact) mass is 238 g/mol. The second-order valence-electron chi connectivity index (χ2n) is 3.46. The zero-order valence-corrected chi connectivity index (χ0v) is 10.5. The van der Waals surface area contributed by atoms with E-state index in [4.69, 9.17) is 0 Å². The fraction of sp³-hybridized carbons (Fsp3) is 0.364. The van der Waals surface area contributed by atoms with Gasteiger partial charge in [-0.05, 0) is 26.1 Å². The van der Waals surface area contributed by atoms with E-state index in [1.54, 1.807) is 11.3 Å². The van der Waals surface area contributed by atoms with Crippen LogP contribution in [0.4, 0.5) is 0 Å². The van der Waals surface area contributed by atoms with Gasteiger partial charge in [0.25, 0.3) is 0 Å². The molecule has 0 aliphatic heterocycles. The summed E-state index contributed by atoms with van der Waals surface area (Å²) >= 11 is 3.59. The summed E-state index contributed by atoms with van der Waals surface area (Å²) in [5.41, 5.74) is 1.89. The van der Waals surface area contributed by atoms with Crippen molar-refractivity contribution in [2.24, 2.45) is 0 Å². The maximum atomic E-state index is 4.10. The van der Waals surface area contributed by atoms with Gasteiger partial charge >= 0.3 is 0 Å². The van der Waals surface area contributed by atoms with Crippen molar-refractivity contribution in [2.75, 3.05) is 7.05 Å². The average molecular weight is 238 g/mol. The SMILES string of the molecule is CNC(Cc1cncs1)c1ccc(C)s1. The Bertz CT molecular complexity index is 406. The number of likely N-dealkylation sites (N-methyl/N-ethyl adjacent to an activating group) is 1. The third-order valence-electron chi connectivity index (χ3n) is 2.34. The Morgan fingerprint density at radius 2 is 2.33 bits per heavy atom. The normalized spacial score (nSPS) is 12.9. The number of aryl methyl sites for hydroxylation is 1. The van der Waals surface area contributed by atoms with Crippen LogP contribution in [0.3, 0.4) is 0 Å². The average Bonchev–Trinajstić information content (AvgIpc) is 2.85. The highest BCUT2D eigenvalue weighted by atomic mass is 32.1. The van der Waals surface area contributed by atoms with Crippen LogP contribution in [-0.4, -0.2) is 12.0 Å². The summed E-state index contributed by atoms with van der Waals surface area (Å²) in [5.74, 6) is 0. The second-order valence-corrected chi connectivity index (χ2v) is 5.75. The molecular weight excluding hydrogens is 224 g/mol. The van der Waals surface area contributed by atoms with Gasteiger partial charge in [-0.15, -0.1) is 22.7 Å². The van der Waals surface area contributed by atoms with Crippen LogP contribution in [0.15, 0.2) is 23.8 Å². The standard InChI is InChI=1S/C11H14N2S2/c1-8-3-4-11(15-8)10(12-2)5-9-6-13-7-14-9/h3-4,6-7,10,12H,5H2,1-2H3. The summed E-state index contributed by atoms with van der Waals surface area (Å²) in [6.07, 6.45) is 2.98. The lowest BCUT2D eigenvalue weighted by Crippen LogP contribution is -2.17. The number of thiophene rings is 1. The molecule has 1 atom stereocenters. The third kappa shape index (κ3) is 2.65. The Morgan fingerprint density at radius 3 is 2.87 bits per heavy atom.